The highest BCUT2D eigenvalue weighted by atomic mass is 32.1. The fraction of sp³-hybridized carbons (Fsp3) is 0.107. The van der Waals surface area contributed by atoms with E-state index in [0.29, 0.717) is 0 Å². The third-order valence-corrected chi connectivity index (χ3v) is 6.58. The molecule has 4 heteroatoms. The second-order valence-electron chi connectivity index (χ2n) is 7.79. The topological polar surface area (TPSA) is 16.4 Å². The summed E-state index contributed by atoms with van der Waals surface area (Å²) in [4.78, 5) is 2.23. The highest BCUT2D eigenvalue weighted by molar-refractivity contribution is 7.10. The van der Waals surface area contributed by atoms with Crippen LogP contribution in [0.4, 0.5) is 5.69 Å². The Bertz CT molecular complexity index is 1260. The summed E-state index contributed by atoms with van der Waals surface area (Å²) in [5.41, 5.74) is 4.91. The summed E-state index contributed by atoms with van der Waals surface area (Å²) < 4.78 is 8.54. The van der Waals surface area contributed by atoms with Gasteiger partial charge < -0.3 is 9.64 Å². The van der Waals surface area contributed by atoms with E-state index in [4.69, 9.17) is 4.74 Å². The summed E-state index contributed by atoms with van der Waals surface area (Å²) in [5.74, 6) is 1.74. The predicted octanol–water partition coefficient (Wildman–Crippen LogP) is 6.35. The molecule has 0 bridgehead atoms. The molecule has 0 amide bonds. The van der Waals surface area contributed by atoms with Gasteiger partial charge in [0, 0.05) is 18.6 Å². The molecule has 3 aromatic carbocycles. The van der Waals surface area contributed by atoms with Crippen LogP contribution in [0.25, 0.3) is 6.08 Å². The number of ether oxygens (including phenoxy) is 1. The van der Waals surface area contributed by atoms with Gasteiger partial charge in [0.2, 0.25) is 5.88 Å². The van der Waals surface area contributed by atoms with Gasteiger partial charge in [0.1, 0.15) is 0 Å². The largest absolute Gasteiger partial charge is 0.439 e. The zero-order valence-electron chi connectivity index (χ0n) is 18.0. The van der Waals surface area contributed by atoms with Crippen LogP contribution < -0.4 is 14.2 Å². The zero-order chi connectivity index (χ0) is 21.8. The van der Waals surface area contributed by atoms with E-state index >= 15 is 0 Å². The van der Waals surface area contributed by atoms with Crippen molar-refractivity contribution in [3.8, 4) is 5.75 Å². The van der Waals surface area contributed by atoms with Crippen molar-refractivity contribution in [2.24, 2.45) is 0 Å². The van der Waals surface area contributed by atoms with E-state index in [2.05, 4.69) is 107 Å². The minimum Gasteiger partial charge on any atom is -0.439 e. The second kappa shape index (κ2) is 9.25. The van der Waals surface area contributed by atoms with Crippen molar-refractivity contribution in [1.82, 2.24) is 0 Å². The molecule has 0 fully saturated rings. The van der Waals surface area contributed by atoms with Crippen LogP contribution in [-0.2, 0) is 13.1 Å². The van der Waals surface area contributed by atoms with Gasteiger partial charge in [0.15, 0.2) is 18.0 Å². The summed E-state index contributed by atoms with van der Waals surface area (Å²) in [6.45, 7) is 3.80. The normalized spacial score (nSPS) is 14.2. The van der Waals surface area contributed by atoms with Gasteiger partial charge in [-0.05, 0) is 29.8 Å². The van der Waals surface area contributed by atoms with Crippen molar-refractivity contribution in [1.29, 1.82) is 0 Å². The predicted molar refractivity (Wildman–Crippen MR) is 132 cm³/mol. The van der Waals surface area contributed by atoms with Crippen LogP contribution in [0.2, 0.25) is 0 Å². The molecule has 158 valence electrons. The number of hydrogen-bond acceptors (Lipinski definition) is 3. The molecular weight excluding hydrogens is 412 g/mol. The molecule has 0 atom stereocenters. The average molecular weight is 438 g/mol. The minimum atomic E-state index is 0.768. The lowest BCUT2D eigenvalue weighted by Crippen LogP contribution is -2.37. The average Bonchev–Trinajstić information content (AvgIpc) is 3.36. The monoisotopic (exact) mass is 437 g/mol. The molecule has 0 aliphatic carbocycles. The summed E-state index contributed by atoms with van der Waals surface area (Å²) in [6, 6.07) is 29.3. The van der Waals surface area contributed by atoms with Crippen molar-refractivity contribution < 1.29 is 9.30 Å². The van der Waals surface area contributed by atoms with Crippen LogP contribution in [0.3, 0.4) is 0 Å². The molecule has 0 spiro atoms. The van der Waals surface area contributed by atoms with E-state index in [1.54, 1.807) is 11.3 Å². The Kier molecular flexibility index (Phi) is 5.86. The number of fused-ring (bicyclic) bond motifs is 1. The van der Waals surface area contributed by atoms with Crippen LogP contribution in [-0.4, -0.2) is 0 Å². The molecule has 1 aromatic heterocycles. The van der Waals surface area contributed by atoms with Gasteiger partial charge in [-0.15, -0.1) is 0 Å². The van der Waals surface area contributed by atoms with Gasteiger partial charge in [-0.25, -0.2) is 0 Å². The Labute approximate surface area is 193 Å². The van der Waals surface area contributed by atoms with Crippen molar-refractivity contribution in [3.05, 3.63) is 130 Å². The van der Waals surface area contributed by atoms with Crippen molar-refractivity contribution in [2.45, 2.75) is 20.0 Å². The molecule has 32 heavy (non-hydrogen) atoms. The number of benzene rings is 3. The Morgan fingerprint density at radius 1 is 0.875 bits per heavy atom. The Morgan fingerprint density at radius 2 is 1.56 bits per heavy atom. The standard InChI is InChI=1S/C28H25N2OS/c1-22-21-32-28(29(22)19-23-11-4-2-5-12-23)18-10-17-27-30(20-24-13-6-3-7-14-24)25-15-8-9-16-26(25)31-27/h2-18,21H,19-20H2,1H3/q+1. The highest BCUT2D eigenvalue weighted by Crippen LogP contribution is 2.39. The molecule has 1 aliphatic heterocycles. The van der Waals surface area contributed by atoms with Gasteiger partial charge in [-0.3, -0.25) is 0 Å². The number of allylic oxidation sites excluding steroid dienone is 2. The maximum absolute atomic E-state index is 6.19. The lowest BCUT2D eigenvalue weighted by molar-refractivity contribution is -0.691. The Hall–Kier alpha value is -3.63. The molecule has 0 radical (unpaired) electrons. The maximum atomic E-state index is 6.19. The highest BCUT2D eigenvalue weighted by Gasteiger charge is 2.25. The van der Waals surface area contributed by atoms with Gasteiger partial charge >= 0.3 is 0 Å². The lowest BCUT2D eigenvalue weighted by atomic mass is 10.2. The quantitative estimate of drug-likeness (QED) is 0.327. The zero-order valence-corrected chi connectivity index (χ0v) is 18.8. The molecular formula is C28H25N2OS+. The molecule has 0 N–H and O–H groups in total. The number of nitrogens with zero attached hydrogens (tertiary/aromatic N) is 2. The number of rotatable bonds is 6. The first kappa shape index (κ1) is 20.3. The summed E-state index contributed by atoms with van der Waals surface area (Å²) in [7, 11) is 0. The van der Waals surface area contributed by atoms with Gasteiger partial charge in [0.05, 0.1) is 17.6 Å². The fourth-order valence-corrected chi connectivity index (χ4v) is 4.77. The molecule has 5 rings (SSSR count). The Balaban J connectivity index is 1.40. The summed E-state index contributed by atoms with van der Waals surface area (Å²) in [5, 5.41) is 3.42. The number of thiazole rings is 1. The van der Waals surface area contributed by atoms with Crippen molar-refractivity contribution in [2.75, 3.05) is 4.90 Å². The number of aromatic nitrogens is 1. The molecule has 0 saturated heterocycles. The van der Waals surface area contributed by atoms with Gasteiger partial charge in [-0.1, -0.05) is 84.1 Å². The number of aryl methyl sites for hydroxylation is 1. The fourth-order valence-electron chi connectivity index (χ4n) is 3.86. The summed E-state index contributed by atoms with van der Waals surface area (Å²) >= 11 is 1.76. The van der Waals surface area contributed by atoms with E-state index in [9.17, 15) is 0 Å². The van der Waals surface area contributed by atoms with E-state index in [1.807, 2.05) is 18.2 Å². The van der Waals surface area contributed by atoms with E-state index < -0.39 is 0 Å². The molecule has 0 saturated carbocycles. The van der Waals surface area contributed by atoms with Crippen LogP contribution in [0.5, 0.6) is 5.75 Å². The smallest absolute Gasteiger partial charge is 0.262 e. The van der Waals surface area contributed by atoms with E-state index in [0.717, 1.165) is 30.4 Å². The van der Waals surface area contributed by atoms with Crippen LogP contribution in [0.1, 0.15) is 21.8 Å². The third kappa shape index (κ3) is 4.36. The second-order valence-corrected chi connectivity index (χ2v) is 8.68. The Morgan fingerprint density at radius 3 is 2.34 bits per heavy atom. The van der Waals surface area contributed by atoms with E-state index in [1.165, 1.54) is 21.8 Å². The van der Waals surface area contributed by atoms with Crippen LogP contribution in [0.15, 0.2) is 108 Å². The van der Waals surface area contributed by atoms with Crippen LogP contribution in [0, 0.1) is 6.92 Å². The van der Waals surface area contributed by atoms with E-state index in [-0.39, 0.29) is 0 Å². The van der Waals surface area contributed by atoms with Gasteiger partial charge in [-0.2, -0.15) is 4.57 Å². The molecule has 4 aromatic rings. The molecule has 2 heterocycles. The van der Waals surface area contributed by atoms with Crippen molar-refractivity contribution in [3.63, 3.8) is 0 Å². The lowest BCUT2D eigenvalue weighted by Gasteiger charge is -2.18. The summed E-state index contributed by atoms with van der Waals surface area (Å²) in [6.07, 6.45) is 6.32. The first-order chi connectivity index (χ1) is 15.8. The number of anilines is 1. The molecule has 0 unspecified atom stereocenters. The molecule has 1 aliphatic rings. The SMILES string of the molecule is Cc1csc(C=CC=C2Oc3ccccc3N2Cc2ccccc2)[n+]1Cc1ccccc1. The van der Waals surface area contributed by atoms with Gasteiger partial charge in [0.25, 0.3) is 5.01 Å². The van der Waals surface area contributed by atoms with Crippen molar-refractivity contribution >= 4 is 23.1 Å². The van der Waals surface area contributed by atoms with Crippen LogP contribution >= 0.6 is 11.3 Å². The maximum Gasteiger partial charge on any atom is 0.262 e. The molecule has 3 nitrogen and oxygen atoms in total. The number of hydrogen-bond donors (Lipinski definition) is 0. The minimum absolute atomic E-state index is 0.768. The third-order valence-electron chi connectivity index (χ3n) is 5.52. The number of para-hydroxylation sites is 2. The first-order valence-corrected chi connectivity index (χ1v) is 11.6. The first-order valence-electron chi connectivity index (χ1n) is 10.8.